The summed E-state index contributed by atoms with van der Waals surface area (Å²) < 4.78 is 0. The Morgan fingerprint density at radius 3 is 2.35 bits per heavy atom. The van der Waals surface area contributed by atoms with Gasteiger partial charge in [0.05, 0.1) is 6.61 Å². The maximum absolute atomic E-state index is 9.48. The molecule has 0 aliphatic carbocycles. The van der Waals surface area contributed by atoms with Crippen molar-refractivity contribution < 1.29 is 5.11 Å². The van der Waals surface area contributed by atoms with Gasteiger partial charge in [0.1, 0.15) is 0 Å². The molecule has 0 radical (unpaired) electrons. The molecule has 0 spiro atoms. The van der Waals surface area contributed by atoms with E-state index in [9.17, 15) is 5.11 Å². The van der Waals surface area contributed by atoms with Gasteiger partial charge >= 0.3 is 0 Å². The highest BCUT2D eigenvalue weighted by Crippen LogP contribution is 2.33. The van der Waals surface area contributed by atoms with Crippen LogP contribution in [0.2, 0.25) is 0 Å². The largest absolute Gasteiger partial charge is 0.394 e. The summed E-state index contributed by atoms with van der Waals surface area (Å²) in [5, 5.41) is 12.9. The number of aliphatic hydroxyl groups excluding tert-OH is 1. The standard InChI is InChI=1S/C17H36N2O/c1-5-16(3)10-13-19(14-11-16)12-8-7-9-17(4,15-20)18-6-2/h18,20H,5-15H2,1-4H3. The second-order valence-electron chi connectivity index (χ2n) is 7.21. The molecule has 2 N–H and O–H groups in total. The van der Waals surface area contributed by atoms with E-state index in [1.54, 1.807) is 0 Å². The predicted octanol–water partition coefficient (Wildman–Crippen LogP) is 3.03. The van der Waals surface area contributed by atoms with Crippen molar-refractivity contribution in [1.29, 1.82) is 0 Å². The zero-order valence-electron chi connectivity index (χ0n) is 14.2. The quantitative estimate of drug-likeness (QED) is 0.639. The molecule has 1 atom stereocenters. The topological polar surface area (TPSA) is 35.5 Å². The van der Waals surface area contributed by atoms with E-state index in [0.29, 0.717) is 5.41 Å². The fourth-order valence-electron chi connectivity index (χ4n) is 3.17. The van der Waals surface area contributed by atoms with Crippen LogP contribution in [0.1, 0.15) is 66.2 Å². The Morgan fingerprint density at radius 1 is 1.20 bits per heavy atom. The molecule has 0 saturated carbocycles. The number of piperidine rings is 1. The van der Waals surface area contributed by atoms with E-state index in [1.807, 2.05) is 0 Å². The monoisotopic (exact) mass is 284 g/mol. The zero-order chi connectivity index (χ0) is 15.1. The Morgan fingerprint density at radius 2 is 1.85 bits per heavy atom. The lowest BCUT2D eigenvalue weighted by atomic mass is 9.78. The fraction of sp³-hybridized carbons (Fsp3) is 1.00. The summed E-state index contributed by atoms with van der Waals surface area (Å²) >= 11 is 0. The third-order valence-corrected chi connectivity index (χ3v) is 5.32. The molecule has 1 heterocycles. The molecule has 20 heavy (non-hydrogen) atoms. The second-order valence-corrected chi connectivity index (χ2v) is 7.21. The summed E-state index contributed by atoms with van der Waals surface area (Å²) in [5.41, 5.74) is 0.508. The van der Waals surface area contributed by atoms with Gasteiger partial charge < -0.3 is 15.3 Å². The maximum Gasteiger partial charge on any atom is 0.0610 e. The van der Waals surface area contributed by atoms with E-state index in [0.717, 1.165) is 13.0 Å². The number of hydrogen-bond acceptors (Lipinski definition) is 3. The molecule has 0 bridgehead atoms. The van der Waals surface area contributed by atoms with Gasteiger partial charge in [-0.2, -0.15) is 0 Å². The van der Waals surface area contributed by atoms with Gasteiger partial charge in [0, 0.05) is 5.54 Å². The SMILES string of the molecule is CCNC(C)(CO)CCCCN1CCC(C)(CC)CC1. The third-order valence-electron chi connectivity index (χ3n) is 5.32. The molecule has 1 unspecified atom stereocenters. The first-order valence-corrected chi connectivity index (χ1v) is 8.55. The lowest BCUT2D eigenvalue weighted by Gasteiger charge is -2.39. The van der Waals surface area contributed by atoms with Crippen LogP contribution in [0.4, 0.5) is 0 Å². The predicted molar refractivity (Wildman–Crippen MR) is 87.1 cm³/mol. The molecule has 3 nitrogen and oxygen atoms in total. The molecule has 1 fully saturated rings. The number of hydrogen-bond donors (Lipinski definition) is 2. The molecule has 3 heteroatoms. The Labute approximate surface area is 126 Å². The number of likely N-dealkylation sites (N-methyl/N-ethyl adjacent to an activating group) is 1. The van der Waals surface area contributed by atoms with Crippen LogP contribution in [-0.4, -0.2) is 48.3 Å². The number of nitrogens with zero attached hydrogens (tertiary/aromatic N) is 1. The van der Waals surface area contributed by atoms with Crippen molar-refractivity contribution in [2.24, 2.45) is 5.41 Å². The molecule has 0 aromatic rings. The van der Waals surface area contributed by atoms with Gasteiger partial charge in [-0.3, -0.25) is 0 Å². The summed E-state index contributed by atoms with van der Waals surface area (Å²) in [7, 11) is 0. The van der Waals surface area contributed by atoms with Crippen LogP contribution >= 0.6 is 0 Å². The number of aliphatic hydroxyl groups is 1. The molecule has 1 aliphatic rings. The minimum atomic E-state index is -0.0859. The molecule has 1 rings (SSSR count). The van der Waals surface area contributed by atoms with Gasteiger partial charge in [-0.1, -0.05) is 33.6 Å². The highest BCUT2D eigenvalue weighted by atomic mass is 16.3. The Kier molecular flexibility index (Phi) is 7.49. The van der Waals surface area contributed by atoms with Gasteiger partial charge in [-0.25, -0.2) is 0 Å². The van der Waals surface area contributed by atoms with E-state index >= 15 is 0 Å². The van der Waals surface area contributed by atoms with Crippen molar-refractivity contribution in [3.63, 3.8) is 0 Å². The molecular formula is C17H36N2O. The molecule has 1 aliphatic heterocycles. The first kappa shape index (κ1) is 17.9. The van der Waals surface area contributed by atoms with Crippen molar-refractivity contribution in [2.45, 2.75) is 71.8 Å². The van der Waals surface area contributed by atoms with E-state index in [-0.39, 0.29) is 12.1 Å². The molecule has 0 amide bonds. The molecule has 1 saturated heterocycles. The van der Waals surface area contributed by atoms with Gasteiger partial charge in [0.2, 0.25) is 0 Å². The van der Waals surface area contributed by atoms with Crippen molar-refractivity contribution >= 4 is 0 Å². The summed E-state index contributed by atoms with van der Waals surface area (Å²) in [6.45, 7) is 13.9. The lowest BCUT2D eigenvalue weighted by molar-refractivity contribution is 0.111. The average Bonchev–Trinajstić information content (AvgIpc) is 2.46. The van der Waals surface area contributed by atoms with Crippen molar-refractivity contribution in [3.8, 4) is 0 Å². The van der Waals surface area contributed by atoms with Crippen LogP contribution in [0, 0.1) is 5.41 Å². The van der Waals surface area contributed by atoms with Crippen molar-refractivity contribution in [3.05, 3.63) is 0 Å². The average molecular weight is 284 g/mol. The number of rotatable bonds is 9. The van der Waals surface area contributed by atoms with E-state index < -0.39 is 0 Å². The minimum absolute atomic E-state index is 0.0859. The van der Waals surface area contributed by atoms with E-state index in [2.05, 4.69) is 37.9 Å². The van der Waals surface area contributed by atoms with Crippen molar-refractivity contribution in [1.82, 2.24) is 10.2 Å². The lowest BCUT2D eigenvalue weighted by Crippen LogP contribution is -2.45. The first-order valence-electron chi connectivity index (χ1n) is 8.55. The molecular weight excluding hydrogens is 248 g/mol. The maximum atomic E-state index is 9.48. The summed E-state index contributed by atoms with van der Waals surface area (Å²) in [6.07, 6.45) is 7.55. The highest BCUT2D eigenvalue weighted by Gasteiger charge is 2.28. The number of likely N-dealkylation sites (tertiary alicyclic amines) is 1. The summed E-state index contributed by atoms with van der Waals surface area (Å²) in [4.78, 5) is 2.63. The first-order chi connectivity index (χ1) is 9.47. The van der Waals surface area contributed by atoms with E-state index in [1.165, 1.54) is 51.7 Å². The highest BCUT2D eigenvalue weighted by molar-refractivity contribution is 4.83. The smallest absolute Gasteiger partial charge is 0.0610 e. The van der Waals surface area contributed by atoms with Crippen molar-refractivity contribution in [2.75, 3.05) is 32.8 Å². The van der Waals surface area contributed by atoms with Crippen LogP contribution in [0.25, 0.3) is 0 Å². The van der Waals surface area contributed by atoms with Gasteiger partial charge in [0.15, 0.2) is 0 Å². The van der Waals surface area contributed by atoms with Crippen LogP contribution in [0.3, 0.4) is 0 Å². The number of nitrogens with one attached hydrogen (secondary N) is 1. The third kappa shape index (κ3) is 5.71. The minimum Gasteiger partial charge on any atom is -0.394 e. The second kappa shape index (κ2) is 8.35. The van der Waals surface area contributed by atoms with Gasteiger partial charge in [-0.15, -0.1) is 0 Å². The normalized spacial score (nSPS) is 22.6. The molecule has 120 valence electrons. The zero-order valence-corrected chi connectivity index (χ0v) is 14.2. The summed E-state index contributed by atoms with van der Waals surface area (Å²) in [6, 6.07) is 0. The van der Waals surface area contributed by atoms with Crippen LogP contribution in [-0.2, 0) is 0 Å². The van der Waals surface area contributed by atoms with Crippen LogP contribution < -0.4 is 5.32 Å². The van der Waals surface area contributed by atoms with Crippen LogP contribution in [0.5, 0.6) is 0 Å². The Hall–Kier alpha value is -0.120. The molecule has 0 aromatic carbocycles. The fourth-order valence-corrected chi connectivity index (χ4v) is 3.17. The van der Waals surface area contributed by atoms with E-state index in [4.69, 9.17) is 0 Å². The molecule has 0 aromatic heterocycles. The Balaban J connectivity index is 2.16. The van der Waals surface area contributed by atoms with Gasteiger partial charge in [-0.05, 0) is 64.2 Å². The number of unbranched alkanes of at least 4 members (excludes halogenated alkanes) is 1. The Bertz CT molecular complexity index is 262. The summed E-state index contributed by atoms with van der Waals surface area (Å²) in [5.74, 6) is 0. The van der Waals surface area contributed by atoms with Crippen LogP contribution in [0.15, 0.2) is 0 Å². The van der Waals surface area contributed by atoms with Gasteiger partial charge in [0.25, 0.3) is 0 Å².